The highest BCUT2D eigenvalue weighted by Crippen LogP contribution is 2.21. The molecule has 3 aromatic rings. The van der Waals surface area contributed by atoms with Crippen LogP contribution in [-0.2, 0) is 26.2 Å². The molecule has 1 aliphatic rings. The lowest BCUT2D eigenvalue weighted by atomic mass is 10.1. The van der Waals surface area contributed by atoms with E-state index in [0.717, 1.165) is 16.7 Å². The number of rotatable bonds is 7. The number of hydrogen-bond acceptors (Lipinski definition) is 5. The molecule has 0 bridgehead atoms. The summed E-state index contributed by atoms with van der Waals surface area (Å²) in [7, 11) is -3.75. The molecule has 0 unspecified atom stereocenters. The van der Waals surface area contributed by atoms with Crippen LogP contribution in [0, 0.1) is 13.8 Å². The Morgan fingerprint density at radius 3 is 2.03 bits per heavy atom. The van der Waals surface area contributed by atoms with Crippen molar-refractivity contribution >= 4 is 39.1 Å². The van der Waals surface area contributed by atoms with Gasteiger partial charge >= 0.3 is 0 Å². The van der Waals surface area contributed by atoms with Crippen molar-refractivity contribution in [1.29, 1.82) is 0 Å². The van der Waals surface area contributed by atoms with E-state index in [4.69, 9.17) is 0 Å². The van der Waals surface area contributed by atoms with Gasteiger partial charge in [0.1, 0.15) is 0 Å². The summed E-state index contributed by atoms with van der Waals surface area (Å²) in [4.78, 5) is 37.5. The summed E-state index contributed by atoms with van der Waals surface area (Å²) in [6, 6.07) is 18.0. The van der Waals surface area contributed by atoms with Crippen LogP contribution in [0.2, 0.25) is 0 Å². The minimum absolute atomic E-state index is 0.171. The quantitative estimate of drug-likeness (QED) is 0.485. The molecule has 0 atom stereocenters. The van der Waals surface area contributed by atoms with Crippen molar-refractivity contribution in [2.75, 3.05) is 10.0 Å². The van der Waals surface area contributed by atoms with Crippen LogP contribution in [0.5, 0.6) is 0 Å². The summed E-state index contributed by atoms with van der Waals surface area (Å²) < 4.78 is 27.9. The van der Waals surface area contributed by atoms with Crippen LogP contribution in [0.1, 0.15) is 39.9 Å². The third-order valence-electron chi connectivity index (χ3n) is 5.90. The second-order valence-electron chi connectivity index (χ2n) is 8.45. The lowest BCUT2D eigenvalue weighted by Crippen LogP contribution is -2.28. The van der Waals surface area contributed by atoms with Gasteiger partial charge in [-0.25, -0.2) is 8.42 Å². The van der Waals surface area contributed by atoms with Crippen LogP contribution in [0.25, 0.3) is 0 Å². The number of aryl methyl sites for hydroxylation is 2. The van der Waals surface area contributed by atoms with E-state index in [1.165, 1.54) is 29.2 Å². The smallest absolute Gasteiger partial charge is 0.261 e. The number of imide groups is 1. The van der Waals surface area contributed by atoms with Crippen LogP contribution >= 0.6 is 0 Å². The predicted octanol–water partition coefficient (Wildman–Crippen LogP) is 4.01. The fourth-order valence-corrected chi connectivity index (χ4v) is 4.81. The van der Waals surface area contributed by atoms with Gasteiger partial charge in [0.25, 0.3) is 15.9 Å². The topological polar surface area (TPSA) is 113 Å². The maximum atomic E-state index is 12.7. The zero-order valence-electron chi connectivity index (χ0n) is 19.4. The Hall–Kier alpha value is -3.98. The standard InChI is InChI=1S/C26H25N3O5S/c1-17-3-12-23(15-18(17)2)35(33,34)28-22-10-6-20(7-11-22)26(32)27-21-8-4-19(5-9-21)16-29-24(30)13-14-25(29)31/h3-12,15,28H,13-14,16H2,1-2H3,(H,27,32). The van der Waals surface area contributed by atoms with E-state index in [2.05, 4.69) is 10.0 Å². The Bertz CT molecular complexity index is 1380. The van der Waals surface area contributed by atoms with Crippen molar-refractivity contribution in [3.8, 4) is 0 Å². The first-order chi connectivity index (χ1) is 16.6. The van der Waals surface area contributed by atoms with E-state index >= 15 is 0 Å². The van der Waals surface area contributed by atoms with Gasteiger partial charge in [0.15, 0.2) is 0 Å². The van der Waals surface area contributed by atoms with Crippen molar-refractivity contribution in [1.82, 2.24) is 4.90 Å². The summed E-state index contributed by atoms with van der Waals surface area (Å²) in [5, 5.41) is 2.78. The van der Waals surface area contributed by atoms with Crippen molar-refractivity contribution in [3.63, 3.8) is 0 Å². The summed E-state index contributed by atoms with van der Waals surface area (Å²) in [5.41, 5.74) is 3.92. The van der Waals surface area contributed by atoms with Gasteiger partial charge in [-0.05, 0) is 79.1 Å². The van der Waals surface area contributed by atoms with E-state index in [1.807, 2.05) is 13.8 Å². The van der Waals surface area contributed by atoms with Crippen LogP contribution in [0.3, 0.4) is 0 Å². The highest BCUT2D eigenvalue weighted by Gasteiger charge is 2.28. The number of likely N-dealkylation sites (tertiary alicyclic amines) is 1. The maximum Gasteiger partial charge on any atom is 0.261 e. The fraction of sp³-hybridized carbons (Fsp3) is 0.192. The molecule has 1 aliphatic heterocycles. The van der Waals surface area contributed by atoms with Crippen molar-refractivity contribution in [2.24, 2.45) is 0 Å². The number of nitrogens with one attached hydrogen (secondary N) is 2. The summed E-state index contributed by atoms with van der Waals surface area (Å²) in [5.74, 6) is -0.703. The molecule has 1 fully saturated rings. The average Bonchev–Trinajstić information content (AvgIpc) is 3.14. The van der Waals surface area contributed by atoms with E-state index in [9.17, 15) is 22.8 Å². The van der Waals surface area contributed by atoms with Crippen molar-refractivity contribution < 1.29 is 22.8 Å². The Kier molecular flexibility index (Phi) is 6.70. The minimum Gasteiger partial charge on any atom is -0.322 e. The number of amides is 3. The van der Waals surface area contributed by atoms with Gasteiger partial charge < -0.3 is 5.32 Å². The number of benzene rings is 3. The Balaban J connectivity index is 1.37. The lowest BCUT2D eigenvalue weighted by Gasteiger charge is -2.14. The predicted molar refractivity (Wildman–Crippen MR) is 132 cm³/mol. The van der Waals surface area contributed by atoms with Crippen molar-refractivity contribution in [3.05, 3.63) is 89.0 Å². The molecule has 2 N–H and O–H groups in total. The molecule has 0 radical (unpaired) electrons. The zero-order valence-corrected chi connectivity index (χ0v) is 20.2. The van der Waals surface area contributed by atoms with E-state index in [1.54, 1.807) is 42.5 Å². The zero-order chi connectivity index (χ0) is 25.2. The Labute approximate surface area is 204 Å². The molecule has 0 saturated carbocycles. The van der Waals surface area contributed by atoms with Crippen LogP contribution < -0.4 is 10.0 Å². The first kappa shape index (κ1) is 24.2. The van der Waals surface area contributed by atoms with Gasteiger partial charge in [-0.2, -0.15) is 0 Å². The number of sulfonamides is 1. The number of anilines is 2. The van der Waals surface area contributed by atoms with Gasteiger partial charge in [-0.3, -0.25) is 24.0 Å². The molecule has 1 heterocycles. The van der Waals surface area contributed by atoms with Crippen molar-refractivity contribution in [2.45, 2.75) is 38.1 Å². The Morgan fingerprint density at radius 2 is 1.43 bits per heavy atom. The molecule has 8 nitrogen and oxygen atoms in total. The molecule has 0 aliphatic carbocycles. The van der Waals surface area contributed by atoms with Crippen LogP contribution in [0.4, 0.5) is 11.4 Å². The number of carbonyl (C=O) groups excluding carboxylic acids is 3. The minimum atomic E-state index is -3.75. The first-order valence-corrected chi connectivity index (χ1v) is 12.5. The summed E-state index contributed by atoms with van der Waals surface area (Å²) in [6.07, 6.45) is 0.498. The second-order valence-corrected chi connectivity index (χ2v) is 10.1. The third kappa shape index (κ3) is 5.58. The van der Waals surface area contributed by atoms with E-state index in [-0.39, 0.29) is 42.0 Å². The fourth-order valence-electron chi connectivity index (χ4n) is 3.66. The van der Waals surface area contributed by atoms with Gasteiger partial charge in [-0.1, -0.05) is 18.2 Å². The maximum absolute atomic E-state index is 12.7. The number of nitrogens with zero attached hydrogens (tertiary/aromatic N) is 1. The molecule has 4 rings (SSSR count). The molecular formula is C26H25N3O5S. The van der Waals surface area contributed by atoms with Gasteiger partial charge in [0, 0.05) is 29.8 Å². The first-order valence-electron chi connectivity index (χ1n) is 11.1. The highest BCUT2D eigenvalue weighted by atomic mass is 32.2. The molecular weight excluding hydrogens is 466 g/mol. The second kappa shape index (κ2) is 9.71. The SMILES string of the molecule is Cc1ccc(S(=O)(=O)Nc2ccc(C(=O)Nc3ccc(CN4C(=O)CCC4=O)cc3)cc2)cc1C. The Morgan fingerprint density at radius 1 is 0.829 bits per heavy atom. The van der Waals surface area contributed by atoms with Crippen LogP contribution in [-0.4, -0.2) is 31.0 Å². The van der Waals surface area contributed by atoms with Gasteiger partial charge in [0.05, 0.1) is 11.4 Å². The number of carbonyl (C=O) groups is 3. The molecule has 9 heteroatoms. The third-order valence-corrected chi connectivity index (χ3v) is 7.27. The molecule has 0 spiro atoms. The normalized spacial score (nSPS) is 13.7. The summed E-state index contributed by atoms with van der Waals surface area (Å²) in [6.45, 7) is 3.98. The monoisotopic (exact) mass is 491 g/mol. The van der Waals surface area contributed by atoms with Crippen LogP contribution in [0.15, 0.2) is 71.6 Å². The average molecular weight is 492 g/mol. The highest BCUT2D eigenvalue weighted by molar-refractivity contribution is 7.92. The molecule has 35 heavy (non-hydrogen) atoms. The largest absolute Gasteiger partial charge is 0.322 e. The summed E-state index contributed by atoms with van der Waals surface area (Å²) >= 11 is 0. The number of hydrogen-bond donors (Lipinski definition) is 2. The van der Waals surface area contributed by atoms with Gasteiger partial charge in [0.2, 0.25) is 11.8 Å². The molecule has 3 aromatic carbocycles. The lowest BCUT2D eigenvalue weighted by molar-refractivity contribution is -0.139. The van der Waals surface area contributed by atoms with E-state index in [0.29, 0.717) is 16.9 Å². The molecule has 0 aromatic heterocycles. The van der Waals surface area contributed by atoms with E-state index < -0.39 is 10.0 Å². The molecule has 180 valence electrons. The molecule has 3 amide bonds. The van der Waals surface area contributed by atoms with Gasteiger partial charge in [-0.15, -0.1) is 0 Å². The molecule has 1 saturated heterocycles.